The van der Waals surface area contributed by atoms with Gasteiger partial charge in [0.05, 0.1) is 17.3 Å². The van der Waals surface area contributed by atoms with Crippen LogP contribution in [0.2, 0.25) is 0 Å². The van der Waals surface area contributed by atoms with E-state index in [1.54, 1.807) is 6.92 Å². The van der Waals surface area contributed by atoms with E-state index in [1.807, 2.05) is 0 Å². The standard InChI is InChI=1S/C10H15NO4S4/c1-7-4-19(14,15)6-9(7)17-10(16)11-8-2-3-18(12,13)5-8/h4,8-9H,2-3,5-6H2,1H3,(H,11,16)/t8-,9-/m0/s1. The van der Waals surface area contributed by atoms with E-state index in [2.05, 4.69) is 5.32 Å². The lowest BCUT2D eigenvalue weighted by Crippen LogP contribution is -2.34. The van der Waals surface area contributed by atoms with Crippen molar-refractivity contribution in [2.24, 2.45) is 0 Å². The van der Waals surface area contributed by atoms with Crippen molar-refractivity contribution in [3.05, 3.63) is 11.0 Å². The van der Waals surface area contributed by atoms with Crippen LogP contribution >= 0.6 is 24.0 Å². The summed E-state index contributed by atoms with van der Waals surface area (Å²) in [6.07, 6.45) is 0.556. The second-order valence-electron chi connectivity index (χ2n) is 4.83. The van der Waals surface area contributed by atoms with E-state index in [9.17, 15) is 16.8 Å². The lowest BCUT2D eigenvalue weighted by molar-refractivity contribution is 0.600. The fraction of sp³-hybridized carbons (Fsp3) is 0.700. The summed E-state index contributed by atoms with van der Waals surface area (Å²) in [5, 5.41) is 4.12. The zero-order valence-corrected chi connectivity index (χ0v) is 13.6. The molecule has 2 atom stereocenters. The molecule has 5 nitrogen and oxygen atoms in total. The smallest absolute Gasteiger partial charge is 0.173 e. The number of thiocarbonyl (C=S) groups is 1. The molecule has 1 N–H and O–H groups in total. The summed E-state index contributed by atoms with van der Waals surface area (Å²) < 4.78 is 46.0. The molecule has 0 aromatic rings. The highest BCUT2D eigenvalue weighted by molar-refractivity contribution is 8.23. The Morgan fingerprint density at radius 1 is 1.37 bits per heavy atom. The molecule has 9 heteroatoms. The van der Waals surface area contributed by atoms with Crippen LogP contribution in [0.25, 0.3) is 0 Å². The molecule has 1 fully saturated rings. The Labute approximate surface area is 123 Å². The van der Waals surface area contributed by atoms with Gasteiger partial charge in [-0.15, -0.1) is 0 Å². The van der Waals surface area contributed by atoms with Crippen LogP contribution in [0.3, 0.4) is 0 Å². The van der Waals surface area contributed by atoms with E-state index in [-0.39, 0.29) is 28.6 Å². The second-order valence-corrected chi connectivity index (χ2v) is 10.8. The van der Waals surface area contributed by atoms with Gasteiger partial charge in [0, 0.05) is 16.7 Å². The van der Waals surface area contributed by atoms with Crippen LogP contribution in [0, 0.1) is 0 Å². The monoisotopic (exact) mass is 341 g/mol. The fourth-order valence-corrected chi connectivity index (χ4v) is 7.49. The maximum atomic E-state index is 11.4. The summed E-state index contributed by atoms with van der Waals surface area (Å²) in [6, 6.07) is -0.146. The van der Waals surface area contributed by atoms with Gasteiger partial charge in [-0.2, -0.15) is 0 Å². The van der Waals surface area contributed by atoms with Crippen LogP contribution in [-0.2, 0) is 19.7 Å². The van der Waals surface area contributed by atoms with Crippen molar-refractivity contribution in [2.45, 2.75) is 24.6 Å². The van der Waals surface area contributed by atoms with Crippen LogP contribution in [0.15, 0.2) is 11.0 Å². The predicted octanol–water partition coefficient (Wildman–Crippen LogP) is 0.482. The Morgan fingerprint density at radius 2 is 2.05 bits per heavy atom. The number of rotatable bonds is 2. The van der Waals surface area contributed by atoms with Gasteiger partial charge in [0.1, 0.15) is 4.32 Å². The van der Waals surface area contributed by atoms with Gasteiger partial charge >= 0.3 is 0 Å². The van der Waals surface area contributed by atoms with Crippen molar-refractivity contribution < 1.29 is 16.8 Å². The SMILES string of the molecule is CC1=CS(=O)(=O)C[C@@H]1SC(=S)N[C@H]1CCS(=O)(=O)C1. The van der Waals surface area contributed by atoms with Gasteiger partial charge in [-0.25, -0.2) is 16.8 Å². The zero-order chi connectivity index (χ0) is 14.3. The Kier molecular flexibility index (Phi) is 4.29. The van der Waals surface area contributed by atoms with Gasteiger partial charge in [-0.3, -0.25) is 0 Å². The highest BCUT2D eigenvalue weighted by Crippen LogP contribution is 2.29. The first-order valence-corrected chi connectivity index (χ1v) is 10.6. The molecule has 0 bridgehead atoms. The normalized spacial score (nSPS) is 31.9. The van der Waals surface area contributed by atoms with E-state index in [4.69, 9.17) is 12.2 Å². The molecule has 108 valence electrons. The van der Waals surface area contributed by atoms with Crippen LogP contribution in [0.4, 0.5) is 0 Å². The molecule has 0 spiro atoms. The van der Waals surface area contributed by atoms with Crippen LogP contribution in [0.5, 0.6) is 0 Å². The van der Waals surface area contributed by atoms with E-state index in [0.717, 1.165) is 5.57 Å². The third kappa shape index (κ3) is 4.17. The van der Waals surface area contributed by atoms with Gasteiger partial charge in [0.2, 0.25) is 0 Å². The van der Waals surface area contributed by atoms with Crippen LogP contribution in [-0.4, -0.2) is 49.7 Å². The zero-order valence-electron chi connectivity index (χ0n) is 10.3. The Morgan fingerprint density at radius 3 is 2.53 bits per heavy atom. The van der Waals surface area contributed by atoms with E-state index in [0.29, 0.717) is 10.7 Å². The molecule has 2 heterocycles. The van der Waals surface area contributed by atoms with Gasteiger partial charge < -0.3 is 5.32 Å². The van der Waals surface area contributed by atoms with E-state index < -0.39 is 19.7 Å². The summed E-state index contributed by atoms with van der Waals surface area (Å²) in [5.41, 5.74) is 0.785. The summed E-state index contributed by atoms with van der Waals surface area (Å²) in [4.78, 5) is 0. The minimum absolute atomic E-state index is 0.0638. The molecule has 0 aromatic carbocycles. The molecule has 0 aromatic heterocycles. The molecule has 0 amide bonds. The van der Waals surface area contributed by atoms with Gasteiger partial charge in [0.25, 0.3) is 0 Å². The minimum atomic E-state index is -3.10. The first kappa shape index (κ1) is 15.3. The number of nitrogens with one attached hydrogen (secondary N) is 1. The number of sulfone groups is 2. The van der Waals surface area contributed by atoms with Crippen molar-refractivity contribution in [1.29, 1.82) is 0 Å². The summed E-state index contributed by atoms with van der Waals surface area (Å²) in [5.74, 6) is 0.356. The van der Waals surface area contributed by atoms with Gasteiger partial charge in [-0.1, -0.05) is 24.0 Å². The third-order valence-corrected chi connectivity index (χ3v) is 8.13. The first-order valence-electron chi connectivity index (χ1n) is 5.75. The molecular weight excluding hydrogens is 326 g/mol. The minimum Gasteiger partial charge on any atom is -0.367 e. The van der Waals surface area contributed by atoms with Gasteiger partial charge in [0.15, 0.2) is 19.7 Å². The summed E-state index contributed by atoms with van der Waals surface area (Å²) in [6.45, 7) is 1.77. The first-order chi connectivity index (χ1) is 8.67. The van der Waals surface area contributed by atoms with E-state index in [1.165, 1.54) is 17.2 Å². The third-order valence-electron chi connectivity index (χ3n) is 3.06. The van der Waals surface area contributed by atoms with Crippen LogP contribution < -0.4 is 5.32 Å². The van der Waals surface area contributed by atoms with Crippen molar-refractivity contribution >= 4 is 48.0 Å². The highest BCUT2D eigenvalue weighted by Gasteiger charge is 2.31. The van der Waals surface area contributed by atoms with Crippen molar-refractivity contribution in [2.75, 3.05) is 17.3 Å². The fourth-order valence-electron chi connectivity index (χ4n) is 2.12. The summed E-state index contributed by atoms with van der Waals surface area (Å²) >= 11 is 6.45. The average molecular weight is 342 g/mol. The molecule has 0 unspecified atom stereocenters. The summed E-state index contributed by atoms with van der Waals surface area (Å²) in [7, 11) is -6.04. The Balaban J connectivity index is 1.88. The molecular formula is C10H15NO4S4. The van der Waals surface area contributed by atoms with Gasteiger partial charge in [-0.05, 0) is 18.9 Å². The quantitative estimate of drug-likeness (QED) is 0.732. The highest BCUT2D eigenvalue weighted by atomic mass is 32.2. The maximum absolute atomic E-state index is 11.4. The molecule has 0 saturated carbocycles. The number of hydrogen-bond acceptors (Lipinski definition) is 6. The Bertz CT molecular complexity index is 620. The number of hydrogen-bond donors (Lipinski definition) is 1. The Hall–Kier alpha value is -0.120. The molecule has 19 heavy (non-hydrogen) atoms. The predicted molar refractivity (Wildman–Crippen MR) is 81.7 cm³/mol. The lowest BCUT2D eigenvalue weighted by atomic mass is 10.3. The molecule has 1 saturated heterocycles. The molecule has 0 aliphatic carbocycles. The average Bonchev–Trinajstić information content (AvgIpc) is 2.66. The largest absolute Gasteiger partial charge is 0.367 e. The van der Waals surface area contributed by atoms with Crippen molar-refractivity contribution in [1.82, 2.24) is 5.32 Å². The van der Waals surface area contributed by atoms with Crippen molar-refractivity contribution in [3.8, 4) is 0 Å². The van der Waals surface area contributed by atoms with Crippen LogP contribution in [0.1, 0.15) is 13.3 Å². The van der Waals surface area contributed by atoms with Crippen molar-refractivity contribution in [3.63, 3.8) is 0 Å². The maximum Gasteiger partial charge on any atom is 0.173 e. The molecule has 2 aliphatic rings. The van der Waals surface area contributed by atoms with E-state index >= 15 is 0 Å². The molecule has 0 radical (unpaired) electrons. The molecule has 2 aliphatic heterocycles. The second kappa shape index (κ2) is 5.34. The molecule has 2 rings (SSSR count). The topological polar surface area (TPSA) is 80.3 Å². The lowest BCUT2D eigenvalue weighted by Gasteiger charge is -2.16. The number of thioether (sulfide) groups is 1.